The molecule has 1 aromatic carbocycles. The lowest BCUT2D eigenvalue weighted by atomic mass is 9.97. The molecule has 0 amide bonds. The van der Waals surface area contributed by atoms with Crippen molar-refractivity contribution in [3.8, 4) is 0 Å². The van der Waals surface area contributed by atoms with Gasteiger partial charge in [-0.25, -0.2) is 4.99 Å². The van der Waals surface area contributed by atoms with Gasteiger partial charge in [0, 0.05) is 22.9 Å². The third kappa shape index (κ3) is 5.24. The van der Waals surface area contributed by atoms with E-state index in [1.165, 1.54) is 0 Å². The van der Waals surface area contributed by atoms with Crippen LogP contribution in [0.15, 0.2) is 38.2 Å². The van der Waals surface area contributed by atoms with Crippen LogP contribution in [0.4, 0.5) is 0 Å². The number of hydrogen-bond donors (Lipinski definition) is 2. The Kier molecular flexibility index (Phi) is 7.45. The Hall–Kier alpha value is -2.10. The summed E-state index contributed by atoms with van der Waals surface area (Å²) in [5.74, 6) is 2.76. The summed E-state index contributed by atoms with van der Waals surface area (Å²) >= 11 is 0. The van der Waals surface area contributed by atoms with E-state index in [0.717, 1.165) is 28.8 Å². The maximum Gasteiger partial charge on any atom is 0.232 e. The molecule has 2 aromatic heterocycles. The first-order chi connectivity index (χ1) is 12.9. The number of fused-ring (bicyclic) bond motifs is 1. The van der Waals surface area contributed by atoms with E-state index >= 15 is 0 Å². The minimum absolute atomic E-state index is 0. The first kappa shape index (κ1) is 22.2. The van der Waals surface area contributed by atoms with E-state index in [1.54, 1.807) is 0 Å². The van der Waals surface area contributed by atoms with Crippen molar-refractivity contribution in [1.29, 1.82) is 0 Å². The van der Waals surface area contributed by atoms with Gasteiger partial charge in [0.25, 0.3) is 0 Å². The van der Waals surface area contributed by atoms with Crippen LogP contribution >= 0.6 is 24.0 Å². The van der Waals surface area contributed by atoms with Crippen LogP contribution in [0.1, 0.15) is 50.7 Å². The van der Waals surface area contributed by atoms with Crippen LogP contribution in [0.25, 0.3) is 11.0 Å². The lowest BCUT2D eigenvalue weighted by molar-refractivity contribution is 0.318. The van der Waals surface area contributed by atoms with Gasteiger partial charge < -0.3 is 19.6 Å². The molecule has 152 valence electrons. The second kappa shape index (κ2) is 9.40. The van der Waals surface area contributed by atoms with Crippen molar-refractivity contribution in [3.05, 3.63) is 47.3 Å². The minimum Gasteiger partial charge on any atom is -0.459 e. The number of nitrogens with zero attached hydrogens (tertiary/aromatic N) is 3. The van der Waals surface area contributed by atoms with Crippen LogP contribution in [0.3, 0.4) is 0 Å². The Bertz CT molecular complexity index is 940. The van der Waals surface area contributed by atoms with Crippen molar-refractivity contribution in [2.75, 3.05) is 6.54 Å². The topological polar surface area (TPSA) is 88.5 Å². The zero-order valence-electron chi connectivity index (χ0n) is 17.0. The Balaban J connectivity index is 0.00000280. The van der Waals surface area contributed by atoms with E-state index in [1.807, 2.05) is 45.9 Å². The maximum absolute atomic E-state index is 5.95. The summed E-state index contributed by atoms with van der Waals surface area (Å²) in [7, 11) is 0. The molecule has 2 heterocycles. The summed E-state index contributed by atoms with van der Waals surface area (Å²) in [6.07, 6.45) is 0. The molecule has 3 aromatic rings. The Morgan fingerprint density at radius 2 is 1.93 bits per heavy atom. The molecule has 0 bridgehead atoms. The van der Waals surface area contributed by atoms with Gasteiger partial charge in [0.1, 0.15) is 17.9 Å². The highest BCUT2D eigenvalue weighted by molar-refractivity contribution is 14.0. The number of nitrogens with one attached hydrogen (secondary N) is 2. The molecule has 0 atom stereocenters. The van der Waals surface area contributed by atoms with Crippen LogP contribution < -0.4 is 10.6 Å². The number of furan rings is 1. The predicted octanol–water partition coefficient (Wildman–Crippen LogP) is 4.30. The highest BCUT2D eigenvalue weighted by Crippen LogP contribution is 2.24. The van der Waals surface area contributed by atoms with Gasteiger partial charge in [0.05, 0.1) is 6.54 Å². The monoisotopic (exact) mass is 497 g/mol. The second-order valence-corrected chi connectivity index (χ2v) is 7.46. The quantitative estimate of drug-likeness (QED) is 0.311. The lowest BCUT2D eigenvalue weighted by Crippen LogP contribution is -2.36. The van der Waals surface area contributed by atoms with Gasteiger partial charge in [0.15, 0.2) is 11.8 Å². The standard InChI is InChI=1S/C20H27N5O2.HI/c1-6-21-19(23-12-17-24-18(27-25-17)20(3,4)5)22-11-16-13(2)14-9-7-8-10-15(14)26-16;/h7-10H,6,11-12H2,1-5H3,(H2,21,22,23);1H. The molecule has 3 rings (SSSR count). The van der Waals surface area contributed by atoms with Crippen molar-refractivity contribution >= 4 is 40.9 Å². The fourth-order valence-corrected chi connectivity index (χ4v) is 2.67. The molecule has 0 aliphatic heterocycles. The summed E-state index contributed by atoms with van der Waals surface area (Å²) < 4.78 is 11.3. The average molecular weight is 497 g/mol. The molecule has 0 saturated heterocycles. The highest BCUT2D eigenvalue weighted by atomic mass is 127. The number of para-hydroxylation sites is 1. The third-order valence-electron chi connectivity index (χ3n) is 4.19. The summed E-state index contributed by atoms with van der Waals surface area (Å²) in [4.78, 5) is 8.96. The maximum atomic E-state index is 5.95. The smallest absolute Gasteiger partial charge is 0.232 e. The molecule has 8 heteroatoms. The number of halogens is 1. The van der Waals surface area contributed by atoms with Crippen molar-refractivity contribution in [2.24, 2.45) is 4.99 Å². The van der Waals surface area contributed by atoms with E-state index in [4.69, 9.17) is 8.94 Å². The van der Waals surface area contributed by atoms with Gasteiger partial charge in [-0.2, -0.15) is 4.98 Å². The van der Waals surface area contributed by atoms with Gasteiger partial charge >= 0.3 is 0 Å². The number of guanidine groups is 1. The molecule has 0 spiro atoms. The first-order valence-electron chi connectivity index (χ1n) is 9.20. The summed E-state index contributed by atoms with van der Waals surface area (Å²) in [5, 5.41) is 11.7. The third-order valence-corrected chi connectivity index (χ3v) is 4.19. The number of aliphatic imine (C=N–C) groups is 1. The number of aromatic nitrogens is 2. The van der Waals surface area contributed by atoms with Gasteiger partial charge in [-0.1, -0.05) is 44.1 Å². The Morgan fingerprint density at radius 1 is 1.18 bits per heavy atom. The predicted molar refractivity (Wildman–Crippen MR) is 121 cm³/mol. The van der Waals surface area contributed by atoms with E-state index in [0.29, 0.717) is 30.8 Å². The Morgan fingerprint density at radius 3 is 2.57 bits per heavy atom. The van der Waals surface area contributed by atoms with Gasteiger partial charge in [-0.05, 0) is 19.9 Å². The van der Waals surface area contributed by atoms with Gasteiger partial charge in [-0.3, -0.25) is 0 Å². The van der Waals surface area contributed by atoms with Crippen molar-refractivity contribution in [1.82, 2.24) is 20.8 Å². The molecule has 0 aliphatic rings. The van der Waals surface area contributed by atoms with Crippen LogP contribution in [-0.2, 0) is 18.5 Å². The minimum atomic E-state index is -0.170. The molecule has 0 saturated carbocycles. The molecule has 7 nitrogen and oxygen atoms in total. The fourth-order valence-electron chi connectivity index (χ4n) is 2.67. The van der Waals surface area contributed by atoms with E-state index in [-0.39, 0.29) is 29.4 Å². The zero-order valence-corrected chi connectivity index (χ0v) is 19.3. The Labute approximate surface area is 182 Å². The molecule has 0 aliphatic carbocycles. The number of rotatable bonds is 5. The van der Waals surface area contributed by atoms with Crippen LogP contribution in [-0.4, -0.2) is 22.6 Å². The van der Waals surface area contributed by atoms with E-state index in [2.05, 4.69) is 38.8 Å². The molecular weight excluding hydrogens is 469 g/mol. The fraction of sp³-hybridized carbons (Fsp3) is 0.450. The molecule has 0 unspecified atom stereocenters. The van der Waals surface area contributed by atoms with E-state index in [9.17, 15) is 0 Å². The second-order valence-electron chi connectivity index (χ2n) is 7.46. The van der Waals surface area contributed by atoms with Gasteiger partial charge in [-0.15, -0.1) is 24.0 Å². The molecule has 2 N–H and O–H groups in total. The van der Waals surface area contributed by atoms with Crippen LogP contribution in [0, 0.1) is 6.92 Å². The number of hydrogen-bond acceptors (Lipinski definition) is 5. The largest absolute Gasteiger partial charge is 0.459 e. The SMILES string of the molecule is CCNC(=NCc1noc(C(C)(C)C)n1)NCc1oc2ccccc2c1C.I. The molecule has 0 radical (unpaired) electrons. The van der Waals surface area contributed by atoms with E-state index < -0.39 is 0 Å². The highest BCUT2D eigenvalue weighted by Gasteiger charge is 2.21. The molecular formula is C20H28IN5O2. The summed E-state index contributed by atoms with van der Waals surface area (Å²) in [6.45, 7) is 11.8. The summed E-state index contributed by atoms with van der Waals surface area (Å²) in [6, 6.07) is 8.04. The van der Waals surface area contributed by atoms with Crippen molar-refractivity contribution in [3.63, 3.8) is 0 Å². The molecule has 28 heavy (non-hydrogen) atoms. The normalized spacial score (nSPS) is 12.1. The van der Waals surface area contributed by atoms with Crippen LogP contribution in [0.5, 0.6) is 0 Å². The number of aryl methyl sites for hydroxylation is 1. The van der Waals surface area contributed by atoms with Crippen molar-refractivity contribution < 1.29 is 8.94 Å². The summed E-state index contributed by atoms with van der Waals surface area (Å²) in [5.41, 5.74) is 1.87. The first-order valence-corrected chi connectivity index (χ1v) is 9.20. The average Bonchev–Trinajstić information content (AvgIpc) is 3.23. The number of benzene rings is 1. The molecule has 0 fully saturated rings. The lowest BCUT2D eigenvalue weighted by Gasteiger charge is -2.10. The van der Waals surface area contributed by atoms with Gasteiger partial charge in [0.2, 0.25) is 5.89 Å². The van der Waals surface area contributed by atoms with Crippen LogP contribution in [0.2, 0.25) is 0 Å². The zero-order chi connectivity index (χ0) is 19.4. The van der Waals surface area contributed by atoms with Crippen molar-refractivity contribution in [2.45, 2.75) is 53.1 Å².